The first kappa shape index (κ1) is 17.8. The molecule has 0 aliphatic rings. The number of anilines is 1. The van der Waals surface area contributed by atoms with Crippen molar-refractivity contribution in [2.45, 2.75) is 18.6 Å². The van der Waals surface area contributed by atoms with Gasteiger partial charge in [-0.05, 0) is 37.4 Å². The van der Waals surface area contributed by atoms with Crippen molar-refractivity contribution in [2.75, 3.05) is 11.6 Å². The summed E-state index contributed by atoms with van der Waals surface area (Å²) in [6.07, 6.45) is 3.30. The van der Waals surface area contributed by atoms with Crippen molar-refractivity contribution in [1.29, 1.82) is 0 Å². The minimum atomic E-state index is -0.351. The molecule has 0 spiro atoms. The standard InChI is InChI=1S/C20H17ClN4OS/c1-3-25-16-7-5-4-6-13(16)14-10-12(8-9-17(14)25)23-19(26)18-15(21)11-22-20(24-18)27-2/h4-11H,3H2,1-2H3,(H,23,26). The van der Waals surface area contributed by atoms with Crippen LogP contribution in [0, 0.1) is 0 Å². The topological polar surface area (TPSA) is 59.8 Å². The zero-order chi connectivity index (χ0) is 19.0. The fourth-order valence-corrected chi connectivity index (χ4v) is 3.79. The molecule has 1 amide bonds. The summed E-state index contributed by atoms with van der Waals surface area (Å²) < 4.78 is 2.27. The van der Waals surface area contributed by atoms with Crippen molar-refractivity contribution in [3.63, 3.8) is 0 Å². The molecule has 0 radical (unpaired) electrons. The number of nitrogens with one attached hydrogen (secondary N) is 1. The molecule has 0 bridgehead atoms. The largest absolute Gasteiger partial charge is 0.341 e. The molecule has 2 aromatic carbocycles. The number of amides is 1. The Morgan fingerprint density at radius 1 is 1.19 bits per heavy atom. The Morgan fingerprint density at radius 3 is 2.74 bits per heavy atom. The fourth-order valence-electron chi connectivity index (χ4n) is 3.27. The Kier molecular flexibility index (Phi) is 4.76. The average Bonchev–Trinajstić information content (AvgIpc) is 3.01. The first-order chi connectivity index (χ1) is 13.1. The van der Waals surface area contributed by atoms with E-state index in [9.17, 15) is 4.79 Å². The third-order valence-electron chi connectivity index (χ3n) is 4.47. The number of carbonyl (C=O) groups is 1. The van der Waals surface area contributed by atoms with Crippen LogP contribution >= 0.6 is 23.4 Å². The van der Waals surface area contributed by atoms with Gasteiger partial charge < -0.3 is 9.88 Å². The number of hydrogen-bond acceptors (Lipinski definition) is 4. The van der Waals surface area contributed by atoms with Crippen LogP contribution in [0.25, 0.3) is 21.8 Å². The second kappa shape index (κ2) is 7.21. The van der Waals surface area contributed by atoms with E-state index in [1.807, 2.05) is 36.6 Å². The van der Waals surface area contributed by atoms with Gasteiger partial charge in [0.05, 0.1) is 11.2 Å². The van der Waals surface area contributed by atoms with Crippen molar-refractivity contribution in [3.8, 4) is 0 Å². The molecule has 136 valence electrons. The maximum atomic E-state index is 12.7. The van der Waals surface area contributed by atoms with Crippen LogP contribution < -0.4 is 5.32 Å². The third kappa shape index (κ3) is 3.15. The lowest BCUT2D eigenvalue weighted by Crippen LogP contribution is -2.15. The molecule has 2 heterocycles. The van der Waals surface area contributed by atoms with E-state index in [1.165, 1.54) is 23.5 Å². The molecule has 0 unspecified atom stereocenters. The number of thioether (sulfide) groups is 1. The molecular weight excluding hydrogens is 380 g/mol. The maximum absolute atomic E-state index is 12.7. The highest BCUT2D eigenvalue weighted by Gasteiger charge is 2.16. The van der Waals surface area contributed by atoms with Crippen LogP contribution in [-0.4, -0.2) is 26.7 Å². The minimum Gasteiger partial charge on any atom is -0.341 e. The highest BCUT2D eigenvalue weighted by atomic mass is 35.5. The molecule has 4 aromatic rings. The molecule has 2 aromatic heterocycles. The summed E-state index contributed by atoms with van der Waals surface area (Å²) >= 11 is 7.47. The summed E-state index contributed by atoms with van der Waals surface area (Å²) in [5.41, 5.74) is 3.20. The lowest BCUT2D eigenvalue weighted by molar-refractivity contribution is 0.102. The fraction of sp³-hybridized carbons (Fsp3) is 0.150. The number of halogens is 1. The number of carbonyl (C=O) groups excluding carboxylic acids is 1. The van der Waals surface area contributed by atoms with Gasteiger partial charge in [-0.15, -0.1) is 0 Å². The predicted molar refractivity (Wildman–Crippen MR) is 112 cm³/mol. The quantitative estimate of drug-likeness (QED) is 0.379. The van der Waals surface area contributed by atoms with E-state index in [1.54, 1.807) is 0 Å². The number of nitrogens with zero attached hydrogens (tertiary/aromatic N) is 3. The Morgan fingerprint density at radius 2 is 1.96 bits per heavy atom. The van der Waals surface area contributed by atoms with Crippen LogP contribution in [0.1, 0.15) is 17.4 Å². The minimum absolute atomic E-state index is 0.173. The first-order valence-electron chi connectivity index (χ1n) is 8.51. The number of hydrogen-bond donors (Lipinski definition) is 1. The average molecular weight is 397 g/mol. The van der Waals surface area contributed by atoms with E-state index in [0.29, 0.717) is 10.8 Å². The van der Waals surface area contributed by atoms with Crippen LogP contribution in [0.4, 0.5) is 5.69 Å². The van der Waals surface area contributed by atoms with E-state index >= 15 is 0 Å². The zero-order valence-corrected chi connectivity index (χ0v) is 16.4. The Bertz CT molecular complexity index is 1170. The molecule has 0 saturated heterocycles. The van der Waals surface area contributed by atoms with Gasteiger partial charge in [0.1, 0.15) is 0 Å². The van der Waals surface area contributed by atoms with Gasteiger partial charge in [-0.1, -0.05) is 41.6 Å². The van der Waals surface area contributed by atoms with E-state index in [-0.39, 0.29) is 16.6 Å². The summed E-state index contributed by atoms with van der Waals surface area (Å²) in [7, 11) is 0. The van der Waals surface area contributed by atoms with Crippen LogP contribution in [0.5, 0.6) is 0 Å². The van der Waals surface area contributed by atoms with Gasteiger partial charge in [0.15, 0.2) is 10.9 Å². The number of aromatic nitrogens is 3. The normalized spacial score (nSPS) is 11.2. The molecule has 7 heteroatoms. The number of rotatable bonds is 4. The molecule has 27 heavy (non-hydrogen) atoms. The SMILES string of the molecule is CCn1c2ccccc2c2cc(NC(=O)c3nc(SC)ncc3Cl)ccc21. The van der Waals surface area contributed by atoms with Gasteiger partial charge in [0.25, 0.3) is 5.91 Å². The van der Waals surface area contributed by atoms with Crippen LogP contribution in [0.15, 0.2) is 53.8 Å². The van der Waals surface area contributed by atoms with Crippen molar-refractivity contribution in [3.05, 3.63) is 59.4 Å². The first-order valence-corrected chi connectivity index (χ1v) is 10.1. The molecular formula is C20H17ClN4OS. The number of benzene rings is 2. The predicted octanol–water partition coefficient (Wildman–Crippen LogP) is 5.23. The Hall–Kier alpha value is -2.57. The van der Waals surface area contributed by atoms with Gasteiger partial charge >= 0.3 is 0 Å². The third-order valence-corrected chi connectivity index (χ3v) is 5.30. The van der Waals surface area contributed by atoms with Crippen LogP contribution in [0.3, 0.4) is 0 Å². The monoisotopic (exact) mass is 396 g/mol. The molecule has 0 saturated carbocycles. The molecule has 0 atom stereocenters. The van der Waals surface area contributed by atoms with E-state index in [2.05, 4.69) is 38.9 Å². The second-order valence-electron chi connectivity index (χ2n) is 6.00. The number of para-hydroxylation sites is 1. The molecule has 0 fully saturated rings. The molecule has 5 nitrogen and oxygen atoms in total. The zero-order valence-electron chi connectivity index (χ0n) is 14.9. The lowest BCUT2D eigenvalue weighted by atomic mass is 10.1. The Labute approximate surface area is 165 Å². The Balaban J connectivity index is 1.75. The highest BCUT2D eigenvalue weighted by molar-refractivity contribution is 7.98. The van der Waals surface area contributed by atoms with Gasteiger partial charge in [-0.3, -0.25) is 4.79 Å². The highest BCUT2D eigenvalue weighted by Crippen LogP contribution is 2.31. The van der Waals surface area contributed by atoms with Crippen molar-refractivity contribution < 1.29 is 4.79 Å². The van der Waals surface area contributed by atoms with Crippen molar-refractivity contribution >= 4 is 56.8 Å². The van der Waals surface area contributed by atoms with E-state index < -0.39 is 0 Å². The summed E-state index contributed by atoms with van der Waals surface area (Å²) in [5, 5.41) is 5.90. The number of aryl methyl sites for hydroxylation is 1. The molecule has 0 aliphatic heterocycles. The van der Waals surface area contributed by atoms with Crippen molar-refractivity contribution in [1.82, 2.24) is 14.5 Å². The smallest absolute Gasteiger partial charge is 0.275 e. The van der Waals surface area contributed by atoms with Gasteiger partial charge in [-0.2, -0.15) is 0 Å². The summed E-state index contributed by atoms with van der Waals surface area (Å²) in [6, 6.07) is 14.2. The van der Waals surface area contributed by atoms with Gasteiger partial charge in [-0.25, -0.2) is 9.97 Å². The summed E-state index contributed by atoms with van der Waals surface area (Å²) in [4.78, 5) is 21.0. The second-order valence-corrected chi connectivity index (χ2v) is 7.18. The molecule has 1 N–H and O–H groups in total. The van der Waals surface area contributed by atoms with Crippen LogP contribution in [0.2, 0.25) is 5.02 Å². The van der Waals surface area contributed by atoms with E-state index in [4.69, 9.17) is 11.6 Å². The summed E-state index contributed by atoms with van der Waals surface area (Å²) in [6.45, 7) is 3.01. The van der Waals surface area contributed by atoms with Crippen LogP contribution in [-0.2, 0) is 6.54 Å². The van der Waals surface area contributed by atoms with Gasteiger partial charge in [0.2, 0.25) is 0 Å². The van der Waals surface area contributed by atoms with Crippen molar-refractivity contribution in [2.24, 2.45) is 0 Å². The van der Waals surface area contributed by atoms with E-state index in [0.717, 1.165) is 22.8 Å². The lowest BCUT2D eigenvalue weighted by Gasteiger charge is -2.08. The summed E-state index contributed by atoms with van der Waals surface area (Å²) in [5.74, 6) is -0.351. The maximum Gasteiger partial charge on any atom is 0.275 e. The number of fused-ring (bicyclic) bond motifs is 3. The molecule has 0 aliphatic carbocycles. The van der Waals surface area contributed by atoms with Gasteiger partial charge in [0, 0.05) is 34.0 Å². The molecule has 4 rings (SSSR count).